The maximum Gasteiger partial charge on any atom is 0.222 e. The number of hydrogen-bond donors (Lipinski definition) is 4. The Morgan fingerprint density at radius 3 is 1.13 bits per heavy atom. The maximum absolute atomic E-state index is 12.4. The summed E-state index contributed by atoms with van der Waals surface area (Å²) in [5.74, 6) is -0.315. The van der Waals surface area contributed by atoms with Gasteiger partial charge in [0.15, 0.2) is 0 Å². The second kappa shape index (κ2) is 44.5. The van der Waals surface area contributed by atoms with Crippen LogP contribution in [0.1, 0.15) is 258 Å². The number of allylic oxidation sites excluding steroid dienone is 3. The number of aliphatic hydroxyl groups is 3. The van der Waals surface area contributed by atoms with Crippen molar-refractivity contribution in [2.75, 3.05) is 6.61 Å². The molecule has 3 unspecified atom stereocenters. The number of carbonyl (C=O) groups excluding carboxylic acids is 1. The van der Waals surface area contributed by atoms with Crippen LogP contribution in [0.5, 0.6) is 0 Å². The summed E-state index contributed by atoms with van der Waals surface area (Å²) in [6.45, 7) is 4.22. The Labute approximate surface area is 337 Å². The van der Waals surface area contributed by atoms with Gasteiger partial charge in [0.2, 0.25) is 5.91 Å². The first-order chi connectivity index (χ1) is 26.5. The quantitative estimate of drug-likeness (QED) is 0.0368. The second-order valence-corrected chi connectivity index (χ2v) is 16.7. The molecule has 54 heavy (non-hydrogen) atoms. The van der Waals surface area contributed by atoms with E-state index in [4.69, 9.17) is 0 Å². The minimum absolute atomic E-state index is 0.0152. The first-order valence-electron chi connectivity index (χ1n) is 24.1. The lowest BCUT2D eigenvalue weighted by Crippen LogP contribution is -2.45. The molecule has 0 aliphatic heterocycles. The van der Waals surface area contributed by atoms with Gasteiger partial charge in [-0.25, -0.2) is 0 Å². The van der Waals surface area contributed by atoms with Gasteiger partial charge in [-0.2, -0.15) is 0 Å². The number of hydrogen-bond acceptors (Lipinski definition) is 4. The number of unbranched alkanes of at least 4 members (excludes halogenated alkanes) is 33. The molecule has 0 bridgehead atoms. The maximum atomic E-state index is 12.4. The molecule has 0 rings (SSSR count). The molecule has 0 saturated heterocycles. The molecule has 5 nitrogen and oxygen atoms in total. The number of aliphatic hydroxyl groups excluding tert-OH is 3. The standard InChI is InChI=1S/C49H95NO4/c1-3-5-7-9-11-13-15-17-18-19-20-21-22-23-24-25-26-27-28-29-30-31-32-34-36-38-40-42-46(52)44-49(54)50-47(45-51)48(53)43-41-39-37-35-33-16-14-12-10-8-6-4-2/h23-24,41,43,46-48,51-53H,3-22,25-40,42,44-45H2,1-2H3,(H,50,54)/b24-23-,43-41+. The molecule has 0 aromatic rings. The Kier molecular flexibility index (Phi) is 43.6. The van der Waals surface area contributed by atoms with E-state index in [1.165, 1.54) is 205 Å². The van der Waals surface area contributed by atoms with Crippen LogP contribution in [0.2, 0.25) is 0 Å². The predicted molar refractivity (Wildman–Crippen MR) is 236 cm³/mol. The molecule has 320 valence electrons. The molecular weight excluding hydrogens is 667 g/mol. The molecule has 0 spiro atoms. The number of amides is 1. The summed E-state index contributed by atoms with van der Waals surface area (Å²) < 4.78 is 0. The normalized spacial score (nSPS) is 13.6. The van der Waals surface area contributed by atoms with E-state index in [0.29, 0.717) is 6.42 Å². The van der Waals surface area contributed by atoms with E-state index < -0.39 is 18.2 Å². The SMILES string of the molecule is CCCCCCCCCCCC/C=C/C(O)C(CO)NC(=O)CC(O)CCCCCCCCCCCCC/C=C\CCCCCCCCCCCCCC. The van der Waals surface area contributed by atoms with Crippen molar-refractivity contribution >= 4 is 5.91 Å². The molecule has 3 atom stereocenters. The zero-order valence-electron chi connectivity index (χ0n) is 36.4. The summed E-state index contributed by atoms with van der Waals surface area (Å²) in [7, 11) is 0. The fourth-order valence-corrected chi connectivity index (χ4v) is 7.51. The van der Waals surface area contributed by atoms with Crippen LogP contribution in [0.3, 0.4) is 0 Å². The third-order valence-electron chi connectivity index (χ3n) is 11.2. The third-order valence-corrected chi connectivity index (χ3v) is 11.2. The Morgan fingerprint density at radius 2 is 0.778 bits per heavy atom. The highest BCUT2D eigenvalue weighted by atomic mass is 16.3. The van der Waals surface area contributed by atoms with Crippen LogP contribution in [-0.4, -0.2) is 46.1 Å². The summed E-state index contributed by atoms with van der Waals surface area (Å²) >= 11 is 0. The van der Waals surface area contributed by atoms with Gasteiger partial charge in [0, 0.05) is 0 Å². The molecule has 0 aliphatic rings. The highest BCUT2D eigenvalue weighted by molar-refractivity contribution is 5.76. The predicted octanol–water partition coefficient (Wildman–Crippen LogP) is 14.2. The largest absolute Gasteiger partial charge is 0.394 e. The minimum atomic E-state index is -0.926. The van der Waals surface area contributed by atoms with E-state index in [2.05, 4.69) is 31.3 Å². The first kappa shape index (κ1) is 52.8. The Morgan fingerprint density at radius 1 is 0.463 bits per heavy atom. The van der Waals surface area contributed by atoms with Gasteiger partial charge in [0.05, 0.1) is 31.3 Å². The van der Waals surface area contributed by atoms with Crippen molar-refractivity contribution in [1.82, 2.24) is 5.32 Å². The van der Waals surface area contributed by atoms with Crippen molar-refractivity contribution < 1.29 is 20.1 Å². The lowest BCUT2D eigenvalue weighted by Gasteiger charge is -2.21. The summed E-state index contributed by atoms with van der Waals surface area (Å²) in [4.78, 5) is 12.4. The lowest BCUT2D eigenvalue weighted by atomic mass is 10.0. The van der Waals surface area contributed by atoms with Crippen molar-refractivity contribution in [2.45, 2.75) is 276 Å². The van der Waals surface area contributed by atoms with Crippen molar-refractivity contribution in [3.05, 3.63) is 24.3 Å². The van der Waals surface area contributed by atoms with Gasteiger partial charge >= 0.3 is 0 Å². The topological polar surface area (TPSA) is 89.8 Å². The molecule has 0 heterocycles. The van der Waals surface area contributed by atoms with Gasteiger partial charge in [-0.1, -0.05) is 231 Å². The molecular formula is C49H95NO4. The number of nitrogens with one attached hydrogen (secondary N) is 1. The zero-order chi connectivity index (χ0) is 39.4. The highest BCUT2D eigenvalue weighted by Gasteiger charge is 2.20. The van der Waals surface area contributed by atoms with Crippen molar-refractivity contribution in [3.8, 4) is 0 Å². The van der Waals surface area contributed by atoms with Crippen LogP contribution >= 0.6 is 0 Å². The van der Waals surface area contributed by atoms with Gasteiger partial charge < -0.3 is 20.6 Å². The fourth-order valence-electron chi connectivity index (χ4n) is 7.51. The van der Waals surface area contributed by atoms with Crippen LogP contribution < -0.4 is 5.32 Å². The van der Waals surface area contributed by atoms with Crippen molar-refractivity contribution in [1.29, 1.82) is 0 Å². The van der Waals surface area contributed by atoms with Gasteiger partial charge in [0.25, 0.3) is 0 Å². The number of rotatable bonds is 44. The molecule has 0 saturated carbocycles. The van der Waals surface area contributed by atoms with Crippen molar-refractivity contribution in [3.63, 3.8) is 0 Å². The third kappa shape index (κ3) is 40.5. The second-order valence-electron chi connectivity index (χ2n) is 16.7. The van der Waals surface area contributed by atoms with Crippen molar-refractivity contribution in [2.24, 2.45) is 0 Å². The van der Waals surface area contributed by atoms with Gasteiger partial charge in [-0.05, 0) is 44.9 Å². The smallest absolute Gasteiger partial charge is 0.222 e. The van der Waals surface area contributed by atoms with Crippen LogP contribution in [0.4, 0.5) is 0 Å². The Bertz CT molecular complexity index is 799. The van der Waals surface area contributed by atoms with Gasteiger partial charge in [-0.3, -0.25) is 4.79 Å². The molecule has 0 aromatic heterocycles. The van der Waals surface area contributed by atoms with Gasteiger partial charge in [-0.15, -0.1) is 0 Å². The molecule has 1 amide bonds. The molecule has 0 aromatic carbocycles. The van der Waals surface area contributed by atoms with Gasteiger partial charge in [0.1, 0.15) is 0 Å². The molecule has 0 fully saturated rings. The van der Waals surface area contributed by atoms with E-state index in [1.807, 2.05) is 6.08 Å². The monoisotopic (exact) mass is 762 g/mol. The van der Waals surface area contributed by atoms with Crippen LogP contribution in [-0.2, 0) is 4.79 Å². The molecule has 0 radical (unpaired) electrons. The Hall–Kier alpha value is -1.17. The molecule has 0 aliphatic carbocycles. The van der Waals surface area contributed by atoms with Crippen LogP contribution in [0, 0.1) is 0 Å². The van der Waals surface area contributed by atoms with Crippen LogP contribution in [0.15, 0.2) is 24.3 Å². The van der Waals surface area contributed by atoms with E-state index >= 15 is 0 Å². The Balaban J connectivity index is 3.55. The summed E-state index contributed by atoms with van der Waals surface area (Å²) in [5, 5.41) is 33.2. The average Bonchev–Trinajstić information content (AvgIpc) is 3.16. The average molecular weight is 762 g/mol. The van der Waals surface area contributed by atoms with E-state index in [-0.39, 0.29) is 18.9 Å². The van der Waals surface area contributed by atoms with E-state index in [9.17, 15) is 20.1 Å². The van der Waals surface area contributed by atoms with Crippen LogP contribution in [0.25, 0.3) is 0 Å². The summed E-state index contributed by atoms with van der Waals surface area (Å²) in [6.07, 6.45) is 54.9. The summed E-state index contributed by atoms with van der Waals surface area (Å²) in [6, 6.07) is -0.741. The summed E-state index contributed by atoms with van der Waals surface area (Å²) in [5.41, 5.74) is 0. The molecule has 4 N–H and O–H groups in total. The first-order valence-corrected chi connectivity index (χ1v) is 24.1. The fraction of sp³-hybridized carbons (Fsp3) is 0.898. The molecule has 5 heteroatoms. The van der Waals surface area contributed by atoms with E-state index in [0.717, 1.165) is 25.7 Å². The van der Waals surface area contributed by atoms with E-state index in [1.54, 1.807) is 6.08 Å². The zero-order valence-corrected chi connectivity index (χ0v) is 36.4. The lowest BCUT2D eigenvalue weighted by molar-refractivity contribution is -0.124. The minimum Gasteiger partial charge on any atom is -0.394 e. The highest BCUT2D eigenvalue weighted by Crippen LogP contribution is 2.16. The number of carbonyl (C=O) groups is 1.